The van der Waals surface area contributed by atoms with Crippen LogP contribution in [0.5, 0.6) is 0 Å². The molecule has 0 amide bonds. The highest BCUT2D eigenvalue weighted by Crippen LogP contribution is 2.43. The van der Waals surface area contributed by atoms with Crippen molar-refractivity contribution in [1.82, 2.24) is 19.5 Å². The highest BCUT2D eigenvalue weighted by atomic mass is 32.1. The predicted octanol–water partition coefficient (Wildman–Crippen LogP) is 12.0. The van der Waals surface area contributed by atoms with E-state index >= 15 is 0 Å². The first-order valence-corrected chi connectivity index (χ1v) is 17.5. The second-order valence-corrected chi connectivity index (χ2v) is 13.5. The molecule has 10 rings (SSSR count). The largest absolute Gasteiger partial charge is 0.308 e. The fraction of sp³-hybridized carbons (Fsp3) is 0. The molecule has 50 heavy (non-hydrogen) atoms. The number of hydrogen-bond donors (Lipinski definition) is 0. The molecule has 0 radical (unpaired) electrons. The summed E-state index contributed by atoms with van der Waals surface area (Å²) in [5.74, 6) is 1.92. The molecule has 234 valence electrons. The highest BCUT2D eigenvalue weighted by molar-refractivity contribution is 7.25. The molecule has 3 aromatic heterocycles. The van der Waals surface area contributed by atoms with E-state index in [9.17, 15) is 0 Å². The van der Waals surface area contributed by atoms with Crippen LogP contribution in [-0.2, 0) is 0 Å². The minimum atomic E-state index is 0.636. The van der Waals surface area contributed by atoms with Crippen LogP contribution in [0.4, 0.5) is 0 Å². The molecular weight excluding hydrogens is 629 g/mol. The number of rotatable bonds is 5. The fourth-order valence-corrected chi connectivity index (χ4v) is 8.22. The van der Waals surface area contributed by atoms with Crippen molar-refractivity contribution >= 4 is 53.3 Å². The van der Waals surface area contributed by atoms with Gasteiger partial charge in [-0.05, 0) is 47.5 Å². The minimum absolute atomic E-state index is 0.636. The van der Waals surface area contributed by atoms with Gasteiger partial charge in [0.2, 0.25) is 0 Å². The van der Waals surface area contributed by atoms with Gasteiger partial charge in [-0.2, -0.15) is 0 Å². The summed E-state index contributed by atoms with van der Waals surface area (Å²) in [6.07, 6.45) is 0. The third-order valence-electron chi connectivity index (χ3n) is 9.46. The van der Waals surface area contributed by atoms with E-state index in [4.69, 9.17) is 15.0 Å². The molecule has 0 N–H and O–H groups in total. The minimum Gasteiger partial charge on any atom is -0.308 e. The summed E-state index contributed by atoms with van der Waals surface area (Å²) in [7, 11) is 0. The van der Waals surface area contributed by atoms with Crippen molar-refractivity contribution in [2.75, 3.05) is 0 Å². The molecule has 4 nitrogen and oxygen atoms in total. The molecule has 5 heteroatoms. The summed E-state index contributed by atoms with van der Waals surface area (Å²) in [4.78, 5) is 15.5. The third-order valence-corrected chi connectivity index (χ3v) is 10.6. The van der Waals surface area contributed by atoms with Crippen LogP contribution in [0.25, 0.3) is 93.0 Å². The Bertz CT molecular complexity index is 2800. The third kappa shape index (κ3) is 4.71. The van der Waals surface area contributed by atoms with Crippen LogP contribution in [0, 0.1) is 0 Å². The lowest BCUT2D eigenvalue weighted by atomic mass is 10.0. The number of hydrogen-bond acceptors (Lipinski definition) is 4. The second kappa shape index (κ2) is 11.6. The number of nitrogens with zero attached hydrogens (tertiary/aromatic N) is 4. The van der Waals surface area contributed by atoms with Gasteiger partial charge in [0.15, 0.2) is 17.5 Å². The van der Waals surface area contributed by atoms with E-state index in [2.05, 4.69) is 138 Å². The molecule has 0 saturated heterocycles. The van der Waals surface area contributed by atoms with Gasteiger partial charge < -0.3 is 4.57 Å². The van der Waals surface area contributed by atoms with Crippen molar-refractivity contribution in [2.45, 2.75) is 0 Å². The summed E-state index contributed by atoms with van der Waals surface area (Å²) < 4.78 is 4.87. The summed E-state index contributed by atoms with van der Waals surface area (Å²) in [5.41, 5.74) is 8.54. The lowest BCUT2D eigenvalue weighted by molar-refractivity contribution is 1.07. The SMILES string of the molecule is c1ccc(-c2ccc3c(c2)c2ccccc2n3-c2cc3sc4ccccc4c3cc2-c2nc(-c3ccccc3)nc(-c3ccccc3)n2)cc1. The van der Waals surface area contributed by atoms with Crippen LogP contribution >= 0.6 is 11.3 Å². The van der Waals surface area contributed by atoms with Gasteiger partial charge in [0.05, 0.1) is 16.7 Å². The lowest BCUT2D eigenvalue weighted by Crippen LogP contribution is -2.03. The second-order valence-electron chi connectivity index (χ2n) is 12.5. The molecule has 0 bridgehead atoms. The Kier molecular flexibility index (Phi) is 6.64. The molecule has 0 atom stereocenters. The van der Waals surface area contributed by atoms with Crippen molar-refractivity contribution in [1.29, 1.82) is 0 Å². The molecule has 0 aliphatic heterocycles. The van der Waals surface area contributed by atoms with E-state index in [1.165, 1.54) is 42.1 Å². The number of fused-ring (bicyclic) bond motifs is 6. The highest BCUT2D eigenvalue weighted by Gasteiger charge is 2.22. The van der Waals surface area contributed by atoms with Gasteiger partial charge in [-0.15, -0.1) is 11.3 Å². The van der Waals surface area contributed by atoms with Crippen molar-refractivity contribution in [3.05, 3.63) is 170 Å². The molecule has 0 spiro atoms. The van der Waals surface area contributed by atoms with E-state index in [0.717, 1.165) is 33.4 Å². The van der Waals surface area contributed by atoms with E-state index in [0.29, 0.717) is 17.5 Å². The van der Waals surface area contributed by atoms with Gasteiger partial charge in [0.1, 0.15) is 0 Å². The van der Waals surface area contributed by atoms with Crippen LogP contribution in [0.2, 0.25) is 0 Å². The summed E-state index contributed by atoms with van der Waals surface area (Å²) in [6.45, 7) is 0. The smallest absolute Gasteiger partial charge is 0.166 e. The molecule has 10 aromatic rings. The molecule has 3 heterocycles. The Labute approximate surface area is 292 Å². The Morgan fingerprint density at radius 2 is 0.920 bits per heavy atom. The van der Waals surface area contributed by atoms with Gasteiger partial charge in [-0.3, -0.25) is 0 Å². The van der Waals surface area contributed by atoms with Crippen LogP contribution in [0.1, 0.15) is 0 Å². The fourth-order valence-electron chi connectivity index (χ4n) is 7.10. The average Bonchev–Trinajstić information content (AvgIpc) is 3.73. The maximum Gasteiger partial charge on any atom is 0.166 e. The first kappa shape index (κ1) is 28.6. The molecular formula is C45H28N4S. The maximum absolute atomic E-state index is 5.22. The van der Waals surface area contributed by atoms with Gasteiger partial charge >= 0.3 is 0 Å². The van der Waals surface area contributed by atoms with E-state index < -0.39 is 0 Å². The zero-order chi connectivity index (χ0) is 33.0. The Balaban J connectivity index is 1.31. The maximum atomic E-state index is 5.22. The molecule has 0 aliphatic rings. The van der Waals surface area contributed by atoms with Gasteiger partial charge in [-0.1, -0.05) is 133 Å². The predicted molar refractivity (Wildman–Crippen MR) is 209 cm³/mol. The van der Waals surface area contributed by atoms with Crippen molar-refractivity contribution < 1.29 is 0 Å². The topological polar surface area (TPSA) is 43.6 Å². The van der Waals surface area contributed by atoms with Crippen LogP contribution in [0.15, 0.2) is 170 Å². The number of aromatic nitrogens is 4. The number of para-hydroxylation sites is 1. The Morgan fingerprint density at radius 1 is 0.360 bits per heavy atom. The molecule has 0 saturated carbocycles. The van der Waals surface area contributed by atoms with E-state index in [1.807, 2.05) is 47.7 Å². The molecule has 0 unspecified atom stereocenters. The Hall–Kier alpha value is -6.43. The molecule has 7 aromatic carbocycles. The van der Waals surface area contributed by atoms with Gasteiger partial charge in [-0.25, -0.2) is 15.0 Å². The average molecular weight is 657 g/mol. The van der Waals surface area contributed by atoms with Gasteiger partial charge in [0, 0.05) is 47.6 Å². The summed E-state index contributed by atoms with van der Waals surface area (Å²) in [6, 6.07) is 59.7. The standard InChI is InChI=1S/C45H28N4S/c1-4-14-29(15-5-1)32-24-25-39-35(26-32)33-20-10-12-22-38(33)49(39)40-28-42-36(34-21-11-13-23-41(34)50-42)27-37(40)45-47-43(30-16-6-2-7-17-30)46-44(48-45)31-18-8-3-9-19-31/h1-28H. The monoisotopic (exact) mass is 656 g/mol. The number of benzene rings is 7. The lowest BCUT2D eigenvalue weighted by Gasteiger charge is -2.15. The summed E-state index contributed by atoms with van der Waals surface area (Å²) >= 11 is 1.82. The molecule has 0 aliphatic carbocycles. The first-order chi connectivity index (χ1) is 24.8. The van der Waals surface area contributed by atoms with Crippen LogP contribution in [-0.4, -0.2) is 19.5 Å². The zero-order valence-corrected chi connectivity index (χ0v) is 27.7. The van der Waals surface area contributed by atoms with E-state index in [1.54, 1.807) is 0 Å². The normalized spacial score (nSPS) is 11.6. The van der Waals surface area contributed by atoms with Crippen molar-refractivity contribution in [3.8, 4) is 51.0 Å². The summed E-state index contributed by atoms with van der Waals surface area (Å²) in [5, 5.41) is 4.83. The molecule has 0 fully saturated rings. The van der Waals surface area contributed by atoms with E-state index in [-0.39, 0.29) is 0 Å². The number of thiophene rings is 1. The van der Waals surface area contributed by atoms with Crippen molar-refractivity contribution in [3.63, 3.8) is 0 Å². The zero-order valence-electron chi connectivity index (χ0n) is 26.9. The Morgan fingerprint density at radius 3 is 1.62 bits per heavy atom. The van der Waals surface area contributed by atoms with Crippen LogP contribution < -0.4 is 0 Å². The quantitative estimate of drug-likeness (QED) is 0.185. The van der Waals surface area contributed by atoms with Crippen LogP contribution in [0.3, 0.4) is 0 Å². The van der Waals surface area contributed by atoms with Crippen molar-refractivity contribution in [2.24, 2.45) is 0 Å². The van der Waals surface area contributed by atoms with Gasteiger partial charge in [0.25, 0.3) is 0 Å². The first-order valence-electron chi connectivity index (χ1n) is 16.7.